The second-order valence-corrected chi connectivity index (χ2v) is 7.11. The summed E-state index contributed by atoms with van der Waals surface area (Å²) in [7, 11) is 0. The minimum Gasteiger partial charge on any atom is -0.508 e. The monoisotopic (exact) mass is 377 g/mol. The summed E-state index contributed by atoms with van der Waals surface area (Å²) < 4.78 is 5.99. The molecule has 0 bridgehead atoms. The van der Waals surface area contributed by atoms with E-state index in [0.29, 0.717) is 17.4 Å². The molecule has 1 atom stereocenters. The Morgan fingerprint density at radius 1 is 1.00 bits per heavy atom. The van der Waals surface area contributed by atoms with E-state index in [-0.39, 0.29) is 11.4 Å². The van der Waals surface area contributed by atoms with Gasteiger partial charge in [-0.3, -0.25) is 10.1 Å². The fraction of sp³-hybridized carbons (Fsp3) is 0.217. The number of ether oxygens (including phenoxy) is 1. The number of phenolic OH excluding ortho intramolecular Hbond substituents is 1. The van der Waals surface area contributed by atoms with Gasteiger partial charge in [-0.2, -0.15) is 0 Å². The van der Waals surface area contributed by atoms with Crippen molar-refractivity contribution in [1.29, 1.82) is 0 Å². The molecule has 0 heterocycles. The quantitative estimate of drug-likeness (QED) is 0.419. The van der Waals surface area contributed by atoms with Crippen molar-refractivity contribution in [2.75, 3.05) is 0 Å². The third-order valence-electron chi connectivity index (χ3n) is 4.80. The molecule has 5 nitrogen and oxygen atoms in total. The lowest BCUT2D eigenvalue weighted by Crippen LogP contribution is -1.99. The van der Waals surface area contributed by atoms with E-state index in [1.54, 1.807) is 12.1 Å². The Labute approximate surface area is 164 Å². The van der Waals surface area contributed by atoms with Crippen molar-refractivity contribution < 1.29 is 14.8 Å². The maximum Gasteiger partial charge on any atom is 0.270 e. The molecule has 0 aliphatic carbocycles. The predicted molar refractivity (Wildman–Crippen MR) is 109 cm³/mol. The summed E-state index contributed by atoms with van der Waals surface area (Å²) in [5.74, 6) is 1.94. The van der Waals surface area contributed by atoms with E-state index >= 15 is 0 Å². The Morgan fingerprint density at radius 2 is 1.57 bits per heavy atom. The van der Waals surface area contributed by atoms with Crippen LogP contribution < -0.4 is 4.74 Å². The predicted octanol–water partition coefficient (Wildman–Crippen LogP) is 6.06. The molecule has 3 rings (SSSR count). The van der Waals surface area contributed by atoms with Gasteiger partial charge in [0.05, 0.1) is 4.92 Å². The number of nitro benzene ring substituents is 1. The van der Waals surface area contributed by atoms with E-state index in [2.05, 4.69) is 6.92 Å². The first-order chi connectivity index (χ1) is 13.3. The van der Waals surface area contributed by atoms with E-state index in [9.17, 15) is 15.2 Å². The largest absolute Gasteiger partial charge is 0.508 e. The van der Waals surface area contributed by atoms with Crippen LogP contribution in [0.15, 0.2) is 60.7 Å². The van der Waals surface area contributed by atoms with Crippen molar-refractivity contribution in [3.63, 3.8) is 0 Å². The third-order valence-corrected chi connectivity index (χ3v) is 4.80. The molecule has 1 N–H and O–H groups in total. The average molecular weight is 377 g/mol. The highest BCUT2D eigenvalue weighted by Gasteiger charge is 2.14. The van der Waals surface area contributed by atoms with Gasteiger partial charge in [-0.05, 0) is 72.7 Å². The summed E-state index contributed by atoms with van der Waals surface area (Å²) in [5.41, 5.74) is 3.90. The molecule has 0 radical (unpaired) electrons. The summed E-state index contributed by atoms with van der Waals surface area (Å²) in [6.45, 7) is 5.78. The van der Waals surface area contributed by atoms with Crippen LogP contribution >= 0.6 is 0 Å². The van der Waals surface area contributed by atoms with Crippen LogP contribution in [0.3, 0.4) is 0 Å². The molecular weight excluding hydrogens is 354 g/mol. The van der Waals surface area contributed by atoms with Crippen LogP contribution in [0.25, 0.3) is 0 Å². The fourth-order valence-electron chi connectivity index (χ4n) is 3.28. The Hall–Kier alpha value is -3.34. The summed E-state index contributed by atoms with van der Waals surface area (Å²) >= 11 is 0. The van der Waals surface area contributed by atoms with Gasteiger partial charge in [0.25, 0.3) is 5.69 Å². The second-order valence-electron chi connectivity index (χ2n) is 7.11. The van der Waals surface area contributed by atoms with Crippen LogP contribution in [-0.2, 0) is 6.42 Å². The molecule has 3 aromatic rings. The summed E-state index contributed by atoms with van der Waals surface area (Å²) in [6.07, 6.45) is 0.876. The summed E-state index contributed by atoms with van der Waals surface area (Å²) in [6, 6.07) is 18.2. The molecule has 144 valence electrons. The number of non-ortho nitro benzene ring substituents is 1. The molecule has 28 heavy (non-hydrogen) atoms. The van der Waals surface area contributed by atoms with Crippen LogP contribution in [-0.4, -0.2) is 10.0 Å². The normalized spacial score (nSPS) is 11.8. The molecule has 5 heteroatoms. The van der Waals surface area contributed by atoms with Gasteiger partial charge < -0.3 is 9.84 Å². The zero-order valence-corrected chi connectivity index (χ0v) is 16.2. The van der Waals surface area contributed by atoms with Gasteiger partial charge in [-0.15, -0.1) is 0 Å². The van der Waals surface area contributed by atoms with E-state index in [1.807, 2.05) is 50.2 Å². The molecular formula is C23H23NO4. The highest BCUT2D eigenvalue weighted by Crippen LogP contribution is 2.33. The molecule has 0 aliphatic rings. The van der Waals surface area contributed by atoms with E-state index in [4.69, 9.17) is 4.74 Å². The van der Waals surface area contributed by atoms with Crippen LogP contribution in [0.5, 0.6) is 17.2 Å². The first-order valence-electron chi connectivity index (χ1n) is 9.15. The number of aromatic hydroxyl groups is 1. The number of nitrogens with zero attached hydrogens (tertiary/aromatic N) is 1. The van der Waals surface area contributed by atoms with Gasteiger partial charge >= 0.3 is 0 Å². The number of hydrogen-bond donors (Lipinski definition) is 1. The van der Waals surface area contributed by atoms with Gasteiger partial charge in [0.2, 0.25) is 0 Å². The standard InChI is InChI=1S/C23H23NO4/c1-15(12-18-4-8-21(25)9-5-18)19-6-10-22(11-7-19)28-23-16(2)13-20(24(26)27)14-17(23)3/h4-11,13-15,25H,12H2,1-3H3. The molecule has 1 unspecified atom stereocenters. The highest BCUT2D eigenvalue weighted by atomic mass is 16.6. The fourth-order valence-corrected chi connectivity index (χ4v) is 3.28. The van der Waals surface area contributed by atoms with Crippen molar-refractivity contribution in [2.24, 2.45) is 0 Å². The molecule has 0 amide bonds. The van der Waals surface area contributed by atoms with Gasteiger partial charge in [0, 0.05) is 12.1 Å². The topological polar surface area (TPSA) is 72.6 Å². The Kier molecular flexibility index (Phi) is 5.64. The summed E-state index contributed by atoms with van der Waals surface area (Å²) in [4.78, 5) is 10.6. The number of rotatable bonds is 6. The van der Waals surface area contributed by atoms with Crippen molar-refractivity contribution in [3.05, 3.63) is 93.0 Å². The van der Waals surface area contributed by atoms with Crippen LogP contribution in [0.2, 0.25) is 0 Å². The van der Waals surface area contributed by atoms with Gasteiger partial charge in [0.15, 0.2) is 0 Å². The van der Waals surface area contributed by atoms with Gasteiger partial charge in [-0.25, -0.2) is 0 Å². The average Bonchev–Trinajstić information content (AvgIpc) is 2.66. The molecule has 3 aromatic carbocycles. The Morgan fingerprint density at radius 3 is 2.11 bits per heavy atom. The van der Waals surface area contributed by atoms with Gasteiger partial charge in [-0.1, -0.05) is 31.2 Å². The van der Waals surface area contributed by atoms with E-state index in [0.717, 1.165) is 17.5 Å². The lowest BCUT2D eigenvalue weighted by molar-refractivity contribution is -0.385. The number of hydrogen-bond acceptors (Lipinski definition) is 4. The smallest absolute Gasteiger partial charge is 0.270 e. The van der Waals surface area contributed by atoms with Crippen LogP contribution in [0, 0.1) is 24.0 Å². The van der Waals surface area contributed by atoms with Crippen molar-refractivity contribution >= 4 is 5.69 Å². The zero-order chi connectivity index (χ0) is 20.3. The molecule has 0 saturated carbocycles. The minimum atomic E-state index is -0.395. The summed E-state index contributed by atoms with van der Waals surface area (Å²) in [5, 5.41) is 20.4. The molecule has 0 fully saturated rings. The molecule has 0 aliphatic heterocycles. The maximum atomic E-state index is 11.0. The van der Waals surface area contributed by atoms with Crippen molar-refractivity contribution in [1.82, 2.24) is 0 Å². The highest BCUT2D eigenvalue weighted by molar-refractivity contribution is 5.50. The van der Waals surface area contributed by atoms with E-state index in [1.165, 1.54) is 23.3 Å². The lowest BCUT2D eigenvalue weighted by atomic mass is 9.94. The lowest BCUT2D eigenvalue weighted by Gasteiger charge is -2.15. The Balaban J connectivity index is 1.72. The molecule has 0 saturated heterocycles. The second kappa shape index (κ2) is 8.13. The number of nitro groups is 1. The minimum absolute atomic E-state index is 0.0701. The third kappa shape index (κ3) is 4.49. The molecule has 0 spiro atoms. The van der Waals surface area contributed by atoms with Crippen LogP contribution in [0.1, 0.15) is 35.1 Å². The van der Waals surface area contributed by atoms with Crippen molar-refractivity contribution in [2.45, 2.75) is 33.1 Å². The maximum absolute atomic E-state index is 11.0. The number of aryl methyl sites for hydroxylation is 2. The van der Waals surface area contributed by atoms with Crippen LogP contribution in [0.4, 0.5) is 5.69 Å². The van der Waals surface area contributed by atoms with Crippen molar-refractivity contribution in [3.8, 4) is 17.2 Å². The number of benzene rings is 3. The molecule has 0 aromatic heterocycles. The van der Waals surface area contributed by atoms with E-state index < -0.39 is 4.92 Å². The Bertz CT molecular complexity index is 955. The van der Waals surface area contributed by atoms with Gasteiger partial charge in [0.1, 0.15) is 17.2 Å². The number of phenols is 1. The zero-order valence-electron chi connectivity index (χ0n) is 16.2. The first kappa shape index (κ1) is 19.4. The first-order valence-corrected chi connectivity index (χ1v) is 9.15. The SMILES string of the molecule is Cc1cc([N+](=O)[O-])cc(C)c1Oc1ccc(C(C)Cc2ccc(O)cc2)cc1.